The van der Waals surface area contributed by atoms with Gasteiger partial charge in [0.1, 0.15) is 6.26 Å². The third-order valence-corrected chi connectivity index (χ3v) is 1.62. The van der Waals surface area contributed by atoms with Crippen LogP contribution >= 0.6 is 24.8 Å². The zero-order valence-corrected chi connectivity index (χ0v) is 11.6. The van der Waals surface area contributed by atoms with Crippen molar-refractivity contribution in [2.45, 2.75) is 0 Å². The van der Waals surface area contributed by atoms with Crippen LogP contribution in [0.4, 0.5) is 0 Å². The summed E-state index contributed by atoms with van der Waals surface area (Å²) in [5.41, 5.74) is 0.566. The minimum atomic E-state index is 0. The van der Waals surface area contributed by atoms with Gasteiger partial charge in [-0.1, -0.05) is 30.4 Å². The molecule has 1 aliphatic rings. The zero-order chi connectivity index (χ0) is 12.2. The van der Waals surface area contributed by atoms with E-state index in [9.17, 15) is 0 Å². The molecule has 0 saturated heterocycles. The Morgan fingerprint density at radius 3 is 2.47 bits per heavy atom. The average Bonchev–Trinajstić information content (AvgIpc) is 2.36. The first-order valence-electron chi connectivity index (χ1n) is 4.93. The Morgan fingerprint density at radius 1 is 0.947 bits per heavy atom. The van der Waals surface area contributed by atoms with Crippen LogP contribution in [0.1, 0.15) is 0 Å². The van der Waals surface area contributed by atoms with Crippen LogP contribution in [-0.4, -0.2) is 0 Å². The summed E-state index contributed by atoms with van der Waals surface area (Å²) in [5.74, 6) is 0. The molecule has 1 aliphatic heterocycles. The van der Waals surface area contributed by atoms with Gasteiger partial charge in [-0.25, -0.2) is 0 Å². The highest BCUT2D eigenvalue weighted by atomic mass is 35.5. The van der Waals surface area contributed by atoms with Crippen LogP contribution in [0.2, 0.25) is 0 Å². The van der Waals surface area contributed by atoms with Crippen LogP contribution in [0.3, 0.4) is 0 Å². The highest BCUT2D eigenvalue weighted by Gasteiger charge is 1.83. The molecule has 100 valence electrons. The molecule has 4 nitrogen and oxygen atoms in total. The summed E-state index contributed by atoms with van der Waals surface area (Å²) in [6.07, 6.45) is 18.5. The summed E-state index contributed by atoms with van der Waals surface area (Å²) < 4.78 is 0. The molecule has 0 amide bonds. The van der Waals surface area contributed by atoms with Gasteiger partial charge in [-0.3, -0.25) is 0 Å². The lowest BCUT2D eigenvalue weighted by Gasteiger charge is -1.82. The number of nitriles is 1. The van der Waals surface area contributed by atoms with Crippen molar-refractivity contribution in [2.24, 2.45) is 10.4 Å². The molecule has 0 saturated carbocycles. The van der Waals surface area contributed by atoms with Gasteiger partial charge in [-0.05, 0) is 24.3 Å². The number of hydrogen-bond donors (Lipinski definition) is 0. The second-order valence-corrected chi connectivity index (χ2v) is 2.84. The quantitative estimate of drug-likeness (QED) is 0.666. The lowest BCUT2D eigenvalue weighted by atomic mass is 10.2. The highest BCUT2D eigenvalue weighted by Crippen LogP contribution is 1.97. The van der Waals surface area contributed by atoms with Gasteiger partial charge in [0, 0.05) is 5.28 Å². The Kier molecular flexibility index (Phi) is 14.2. The van der Waals surface area contributed by atoms with E-state index in [1.807, 2.05) is 0 Å². The molecule has 0 aromatic heterocycles. The SMILES string of the molecule is Cl.Cl.N#CC1=CC=CC=CN=NOC=CC=CC=C1. The number of rotatable bonds is 0. The molecular weight excluding hydrogens is 285 g/mol. The standard InChI is InChI=1S/C13H11N3O.2ClH/c14-12-13-8-4-1-2-7-11-17-16-15-10-6-3-5-9-13;;/h1-11H;2*1H. The fraction of sp³-hybridized carbons (Fsp3) is 0. The number of nitrogens with zero attached hydrogens (tertiary/aromatic N) is 3. The molecule has 19 heavy (non-hydrogen) atoms. The van der Waals surface area contributed by atoms with Crippen LogP contribution in [0.5, 0.6) is 0 Å². The molecular formula is C13H13Cl2N3O. The predicted octanol–water partition coefficient (Wildman–Crippen LogP) is 4.37. The van der Waals surface area contributed by atoms with E-state index in [4.69, 9.17) is 10.1 Å². The summed E-state index contributed by atoms with van der Waals surface area (Å²) in [5, 5.41) is 15.9. The normalized spacial score (nSPS) is 13.9. The van der Waals surface area contributed by atoms with E-state index in [0.717, 1.165) is 0 Å². The van der Waals surface area contributed by atoms with Gasteiger partial charge < -0.3 is 4.84 Å². The molecule has 6 heteroatoms. The second-order valence-electron chi connectivity index (χ2n) is 2.84. The first-order chi connectivity index (χ1) is 8.43. The van der Waals surface area contributed by atoms with Crippen molar-refractivity contribution in [3.63, 3.8) is 0 Å². The van der Waals surface area contributed by atoms with Crippen LogP contribution < -0.4 is 0 Å². The summed E-state index contributed by atoms with van der Waals surface area (Å²) in [6.45, 7) is 0. The van der Waals surface area contributed by atoms with E-state index >= 15 is 0 Å². The third-order valence-electron chi connectivity index (χ3n) is 1.62. The van der Waals surface area contributed by atoms with Crippen molar-refractivity contribution in [1.82, 2.24) is 0 Å². The Hall–Kier alpha value is -2.09. The molecule has 1 rings (SSSR count). The molecule has 0 N–H and O–H groups in total. The highest BCUT2D eigenvalue weighted by molar-refractivity contribution is 5.85. The summed E-state index contributed by atoms with van der Waals surface area (Å²) in [7, 11) is 0. The van der Waals surface area contributed by atoms with Gasteiger partial charge in [0.25, 0.3) is 0 Å². The fourth-order valence-electron chi connectivity index (χ4n) is 0.891. The molecule has 0 aromatic rings. The van der Waals surface area contributed by atoms with Crippen LogP contribution in [-0.2, 0) is 4.84 Å². The molecule has 0 atom stereocenters. The minimum Gasteiger partial charge on any atom is -0.347 e. The monoisotopic (exact) mass is 297 g/mol. The van der Waals surface area contributed by atoms with E-state index < -0.39 is 0 Å². The lowest BCUT2D eigenvalue weighted by molar-refractivity contribution is 0.242. The molecule has 0 radical (unpaired) electrons. The van der Waals surface area contributed by atoms with E-state index in [2.05, 4.69) is 16.5 Å². The van der Waals surface area contributed by atoms with Gasteiger partial charge in [0.2, 0.25) is 0 Å². The first kappa shape index (κ1) is 19.3. The van der Waals surface area contributed by atoms with Crippen molar-refractivity contribution in [1.29, 1.82) is 5.26 Å². The zero-order valence-electron chi connectivity index (χ0n) is 9.92. The molecule has 0 aliphatic carbocycles. The van der Waals surface area contributed by atoms with Crippen molar-refractivity contribution in [2.75, 3.05) is 0 Å². The van der Waals surface area contributed by atoms with Crippen LogP contribution in [0, 0.1) is 11.3 Å². The van der Waals surface area contributed by atoms with Crippen molar-refractivity contribution < 1.29 is 4.84 Å². The molecule has 1 heterocycles. The minimum absolute atomic E-state index is 0. The Bertz CT molecular complexity index is 481. The van der Waals surface area contributed by atoms with E-state index in [1.165, 1.54) is 12.5 Å². The molecule has 0 spiro atoms. The average molecular weight is 298 g/mol. The third kappa shape index (κ3) is 10.8. The second kappa shape index (κ2) is 14.0. The van der Waals surface area contributed by atoms with Gasteiger partial charge in [-0.15, -0.1) is 29.9 Å². The maximum absolute atomic E-state index is 8.83. The smallest absolute Gasteiger partial charge is 0.124 e. The Labute approximate surface area is 124 Å². The maximum atomic E-state index is 8.83. The van der Waals surface area contributed by atoms with E-state index in [-0.39, 0.29) is 24.8 Å². The number of halogens is 2. The molecule has 0 aromatic carbocycles. The molecule has 0 bridgehead atoms. The van der Waals surface area contributed by atoms with Crippen molar-refractivity contribution in [3.8, 4) is 6.07 Å². The van der Waals surface area contributed by atoms with Gasteiger partial charge in [0.15, 0.2) is 0 Å². The summed E-state index contributed by atoms with van der Waals surface area (Å²) in [4.78, 5) is 4.71. The van der Waals surface area contributed by atoms with E-state index in [1.54, 1.807) is 54.7 Å². The largest absolute Gasteiger partial charge is 0.347 e. The summed E-state index contributed by atoms with van der Waals surface area (Å²) in [6, 6.07) is 2.08. The fourth-order valence-corrected chi connectivity index (χ4v) is 0.891. The topological polar surface area (TPSA) is 57.7 Å². The van der Waals surface area contributed by atoms with Crippen molar-refractivity contribution in [3.05, 3.63) is 72.7 Å². The molecule has 0 fully saturated rings. The Balaban J connectivity index is 0. The van der Waals surface area contributed by atoms with E-state index in [0.29, 0.717) is 5.57 Å². The number of hydrogen-bond acceptors (Lipinski definition) is 4. The van der Waals surface area contributed by atoms with Gasteiger partial charge >= 0.3 is 0 Å². The molecule has 0 unspecified atom stereocenters. The van der Waals surface area contributed by atoms with Gasteiger partial charge in [0.05, 0.1) is 17.8 Å². The predicted molar refractivity (Wildman–Crippen MR) is 79.8 cm³/mol. The maximum Gasteiger partial charge on any atom is 0.124 e. The van der Waals surface area contributed by atoms with Crippen LogP contribution in [0.25, 0.3) is 0 Å². The summed E-state index contributed by atoms with van der Waals surface area (Å²) >= 11 is 0. The number of allylic oxidation sites excluding steroid dienone is 10. The lowest BCUT2D eigenvalue weighted by Crippen LogP contribution is -1.68. The Morgan fingerprint density at radius 2 is 1.68 bits per heavy atom. The van der Waals surface area contributed by atoms with Crippen molar-refractivity contribution >= 4 is 24.8 Å². The van der Waals surface area contributed by atoms with Crippen LogP contribution in [0.15, 0.2) is 83.1 Å². The van der Waals surface area contributed by atoms with Gasteiger partial charge in [-0.2, -0.15) is 5.26 Å². The first-order valence-corrected chi connectivity index (χ1v) is 4.93.